The normalized spacial score (nSPS) is 41.4. The fourth-order valence-electron chi connectivity index (χ4n) is 11.1. The molecule has 236 valence electrons. The number of hydrogen-bond acceptors (Lipinski definition) is 3. The van der Waals surface area contributed by atoms with E-state index in [1.807, 2.05) is 25.1 Å². The number of benzene rings is 1. The molecule has 0 spiro atoms. The van der Waals surface area contributed by atoms with E-state index in [0.717, 1.165) is 29.9 Å². The van der Waals surface area contributed by atoms with E-state index in [4.69, 9.17) is 4.74 Å². The van der Waals surface area contributed by atoms with Gasteiger partial charge in [0.2, 0.25) is 0 Å². The van der Waals surface area contributed by atoms with Crippen molar-refractivity contribution < 1.29 is 19.7 Å². The average molecular weight is 589 g/mol. The number of aliphatic carboxylic acids is 1. The van der Waals surface area contributed by atoms with E-state index in [2.05, 4.69) is 67.2 Å². The van der Waals surface area contributed by atoms with Gasteiger partial charge in [-0.2, -0.15) is 0 Å². The Morgan fingerprint density at radius 1 is 1.00 bits per heavy atom. The van der Waals surface area contributed by atoms with Gasteiger partial charge < -0.3 is 14.9 Å². The maximum Gasteiger partial charge on any atom is 0.331 e. The highest BCUT2D eigenvalue weighted by molar-refractivity contribution is 5.88. The first-order valence-electron chi connectivity index (χ1n) is 16.8. The monoisotopic (exact) mass is 588 g/mol. The Morgan fingerprint density at radius 2 is 1.67 bits per heavy atom. The number of aliphatic hydroxyl groups is 1. The molecule has 2 N–H and O–H groups in total. The zero-order valence-electron chi connectivity index (χ0n) is 28.0. The molecule has 0 radical (unpaired) electrons. The molecule has 0 saturated heterocycles. The molecule has 0 heterocycles. The summed E-state index contributed by atoms with van der Waals surface area (Å²) in [7, 11) is 0. The highest BCUT2D eigenvalue weighted by Crippen LogP contribution is 2.74. The molecule has 1 aromatic rings. The van der Waals surface area contributed by atoms with Crippen molar-refractivity contribution in [3.63, 3.8) is 0 Å². The molecule has 4 nitrogen and oxygen atoms in total. The molecule has 0 bridgehead atoms. The number of carboxylic acids is 1. The fourth-order valence-corrected chi connectivity index (χ4v) is 11.1. The van der Waals surface area contributed by atoms with Gasteiger partial charge in [-0.1, -0.05) is 77.1 Å². The van der Waals surface area contributed by atoms with E-state index in [9.17, 15) is 15.0 Å². The Kier molecular flexibility index (Phi) is 8.61. The second-order valence-electron chi connectivity index (χ2n) is 15.8. The summed E-state index contributed by atoms with van der Waals surface area (Å²) in [6.07, 6.45) is 6.33. The minimum Gasteiger partial charge on any atom is -0.491 e. The quantitative estimate of drug-likeness (QED) is 0.246. The molecule has 4 heteroatoms. The summed E-state index contributed by atoms with van der Waals surface area (Å²) in [5.41, 5.74) is 4.74. The van der Waals surface area contributed by atoms with E-state index in [0.29, 0.717) is 42.4 Å². The van der Waals surface area contributed by atoms with Gasteiger partial charge in [-0.15, -0.1) is 0 Å². The van der Waals surface area contributed by atoms with Gasteiger partial charge in [0.15, 0.2) is 0 Å². The lowest BCUT2D eigenvalue weighted by Gasteiger charge is -2.69. The van der Waals surface area contributed by atoms with Crippen LogP contribution in [-0.2, 0) is 9.53 Å². The number of ether oxygens (including phenoxy) is 1. The van der Waals surface area contributed by atoms with Crippen LogP contribution in [0, 0.1) is 45.8 Å². The molecular formula is C39H56O4. The topological polar surface area (TPSA) is 66.8 Å². The molecular weight excluding hydrogens is 532 g/mol. The van der Waals surface area contributed by atoms with Gasteiger partial charge in [0.1, 0.15) is 6.10 Å². The zero-order valence-corrected chi connectivity index (χ0v) is 28.0. The summed E-state index contributed by atoms with van der Waals surface area (Å²) < 4.78 is 6.46. The Labute approximate surface area is 260 Å². The van der Waals surface area contributed by atoms with Gasteiger partial charge in [0.25, 0.3) is 0 Å². The SMILES string of the molecule is C=C(C)OC1C[C@@]2(C)[C@@H](C[C@@H](O)[C@H]3[C@@]4(C)CC[C@@H](C)[C@H](C)[C@@H]4CC[C@@]32C)/C1=C(/CCC(=C(C)C)c1ccccc1)C(=O)O. The molecule has 4 fully saturated rings. The summed E-state index contributed by atoms with van der Waals surface area (Å²) in [5.74, 6) is 1.93. The van der Waals surface area contributed by atoms with Crippen LogP contribution >= 0.6 is 0 Å². The lowest BCUT2D eigenvalue weighted by molar-refractivity contribution is -0.229. The van der Waals surface area contributed by atoms with Crippen LogP contribution in [0.1, 0.15) is 112 Å². The number of hydrogen-bond donors (Lipinski definition) is 2. The Hall–Kier alpha value is -2.33. The van der Waals surface area contributed by atoms with Gasteiger partial charge in [-0.05, 0) is 135 Å². The first-order valence-corrected chi connectivity index (χ1v) is 16.8. The van der Waals surface area contributed by atoms with Crippen molar-refractivity contribution >= 4 is 11.5 Å². The zero-order chi connectivity index (χ0) is 31.5. The van der Waals surface area contributed by atoms with Crippen molar-refractivity contribution in [2.24, 2.45) is 45.8 Å². The minimum atomic E-state index is -0.858. The number of rotatable bonds is 7. The second-order valence-corrected chi connectivity index (χ2v) is 15.8. The van der Waals surface area contributed by atoms with Crippen LogP contribution in [0.4, 0.5) is 0 Å². The summed E-state index contributed by atoms with van der Waals surface area (Å²) in [6.45, 7) is 22.3. The number of fused-ring (bicyclic) bond motifs is 5. The summed E-state index contributed by atoms with van der Waals surface area (Å²) in [5, 5.41) is 23.0. The molecule has 43 heavy (non-hydrogen) atoms. The Balaban J connectivity index is 1.58. The van der Waals surface area contributed by atoms with E-state index in [1.54, 1.807) is 0 Å². The summed E-state index contributed by atoms with van der Waals surface area (Å²) >= 11 is 0. The van der Waals surface area contributed by atoms with Crippen LogP contribution in [-0.4, -0.2) is 28.4 Å². The molecule has 5 rings (SSSR count). The molecule has 0 aliphatic heterocycles. The molecule has 4 aliphatic rings. The van der Waals surface area contributed by atoms with E-state index < -0.39 is 12.1 Å². The van der Waals surface area contributed by atoms with E-state index in [1.165, 1.54) is 30.4 Å². The van der Waals surface area contributed by atoms with Crippen molar-refractivity contribution in [1.29, 1.82) is 0 Å². The highest BCUT2D eigenvalue weighted by atomic mass is 16.5. The van der Waals surface area contributed by atoms with Crippen LogP contribution < -0.4 is 0 Å². The van der Waals surface area contributed by atoms with Crippen LogP contribution in [0.25, 0.3) is 5.57 Å². The Bertz CT molecular complexity index is 1300. The van der Waals surface area contributed by atoms with Crippen LogP contribution in [0.5, 0.6) is 0 Å². The van der Waals surface area contributed by atoms with E-state index in [-0.39, 0.29) is 34.2 Å². The average Bonchev–Trinajstić information content (AvgIpc) is 3.20. The van der Waals surface area contributed by atoms with Crippen LogP contribution in [0.2, 0.25) is 0 Å². The van der Waals surface area contributed by atoms with E-state index >= 15 is 0 Å². The lowest BCUT2D eigenvalue weighted by Crippen LogP contribution is -2.65. The predicted molar refractivity (Wildman–Crippen MR) is 175 cm³/mol. The maximum absolute atomic E-state index is 13.2. The maximum atomic E-state index is 13.2. The largest absolute Gasteiger partial charge is 0.491 e. The van der Waals surface area contributed by atoms with Gasteiger partial charge >= 0.3 is 5.97 Å². The Morgan fingerprint density at radius 3 is 2.28 bits per heavy atom. The first kappa shape index (κ1) is 32.1. The van der Waals surface area contributed by atoms with Crippen molar-refractivity contribution in [2.75, 3.05) is 0 Å². The standard InChI is InChI=1S/C39H56O4/c1-23(2)28(27-13-11-10-12-14-27)15-16-29(36(41)42)34-31-21-32(40)35-37(7)19-17-25(5)26(6)30(37)18-20-38(35,8)39(31,9)22-33(34)43-24(3)4/h10-14,25-26,30-33,35,40H,3,15-22H2,1-2,4-9H3,(H,41,42)/b34-29+/t25-,26+,30+,31+,32-,33?,35+,37+,38+,39+/m1/s1. The van der Waals surface area contributed by atoms with Crippen molar-refractivity contribution in [3.8, 4) is 0 Å². The summed E-state index contributed by atoms with van der Waals surface area (Å²) in [6, 6.07) is 10.3. The highest BCUT2D eigenvalue weighted by Gasteiger charge is 2.70. The molecule has 0 aromatic heterocycles. The van der Waals surface area contributed by atoms with Crippen molar-refractivity contribution in [3.05, 3.63) is 65.0 Å². The number of carbonyl (C=O) groups is 1. The van der Waals surface area contributed by atoms with Gasteiger partial charge in [-0.3, -0.25) is 0 Å². The van der Waals surface area contributed by atoms with Gasteiger partial charge in [0.05, 0.1) is 11.9 Å². The van der Waals surface area contributed by atoms with Gasteiger partial charge in [0, 0.05) is 5.57 Å². The number of aliphatic hydroxyl groups excluding tert-OH is 1. The number of carboxylic acid groups (broad SMARTS) is 1. The third-order valence-electron chi connectivity index (χ3n) is 13.5. The number of allylic oxidation sites excluding steroid dienone is 3. The molecule has 1 unspecified atom stereocenters. The third kappa shape index (κ3) is 5.14. The molecule has 0 amide bonds. The van der Waals surface area contributed by atoms with Crippen LogP contribution in [0.15, 0.2) is 59.4 Å². The minimum absolute atomic E-state index is 0.0360. The smallest absolute Gasteiger partial charge is 0.331 e. The van der Waals surface area contributed by atoms with Crippen molar-refractivity contribution in [1.82, 2.24) is 0 Å². The van der Waals surface area contributed by atoms with Crippen LogP contribution in [0.3, 0.4) is 0 Å². The third-order valence-corrected chi connectivity index (χ3v) is 13.5. The second kappa shape index (κ2) is 11.5. The lowest BCUT2D eigenvalue weighted by atomic mass is 9.36. The molecule has 4 aliphatic carbocycles. The van der Waals surface area contributed by atoms with Crippen molar-refractivity contribution in [2.45, 2.75) is 119 Å². The van der Waals surface area contributed by atoms with Gasteiger partial charge in [-0.25, -0.2) is 4.79 Å². The molecule has 10 atom stereocenters. The fraction of sp³-hybridized carbons (Fsp3) is 0.667. The summed E-state index contributed by atoms with van der Waals surface area (Å²) in [4.78, 5) is 13.2. The first-order chi connectivity index (χ1) is 20.2. The molecule has 4 saturated carbocycles. The molecule has 1 aromatic carbocycles. The predicted octanol–water partition coefficient (Wildman–Crippen LogP) is 9.46.